The minimum atomic E-state index is -0.504. The largest absolute Gasteiger partial charge is 0.482 e. The first kappa shape index (κ1) is 17.5. The van der Waals surface area contributed by atoms with Gasteiger partial charge < -0.3 is 13.9 Å². The number of hydrogen-bond acceptors (Lipinski definition) is 5. The van der Waals surface area contributed by atoms with Gasteiger partial charge in [-0.05, 0) is 59.9 Å². The molecule has 0 fully saturated rings. The van der Waals surface area contributed by atoms with Crippen LogP contribution in [0.25, 0.3) is 21.7 Å². The lowest BCUT2D eigenvalue weighted by atomic mass is 10.1. The van der Waals surface area contributed by atoms with Crippen molar-refractivity contribution in [3.05, 3.63) is 82.2 Å². The molecule has 5 rings (SSSR count). The molecule has 4 aromatic rings. The molecule has 0 bridgehead atoms. The van der Waals surface area contributed by atoms with Gasteiger partial charge in [0.05, 0.1) is 0 Å². The molecule has 1 aromatic heterocycles. The van der Waals surface area contributed by atoms with Crippen molar-refractivity contribution < 1.29 is 18.7 Å². The van der Waals surface area contributed by atoms with Crippen molar-refractivity contribution in [2.24, 2.45) is 0 Å². The summed E-state index contributed by atoms with van der Waals surface area (Å²) in [4.78, 5) is 24.3. The number of carbonyl (C=O) groups is 1. The maximum absolute atomic E-state index is 12.2. The van der Waals surface area contributed by atoms with E-state index in [1.807, 2.05) is 42.5 Å². The minimum absolute atomic E-state index is 0.243. The van der Waals surface area contributed by atoms with Crippen molar-refractivity contribution in [1.29, 1.82) is 0 Å². The monoisotopic (exact) mass is 386 g/mol. The molecule has 144 valence electrons. The molecule has 0 amide bonds. The van der Waals surface area contributed by atoms with Gasteiger partial charge in [-0.2, -0.15) is 0 Å². The standard InChI is InChI=1S/C24H18O5/c25-23(28-18-9-8-15-4-1-2-5-16(15)12-18)14-27-17-10-11-20-19-6-3-7-21(19)24(26)29-22(20)13-17/h1-2,4-5,8-13H,3,6-7,14H2. The van der Waals surface area contributed by atoms with Crippen LogP contribution in [0.4, 0.5) is 0 Å². The summed E-state index contributed by atoms with van der Waals surface area (Å²) < 4.78 is 16.4. The predicted octanol–water partition coefficient (Wildman–Crippen LogP) is 4.42. The SMILES string of the molecule is O=C(COc1ccc2c3c(c(=O)oc2c1)CCC3)Oc1ccc2ccccc2c1. The van der Waals surface area contributed by atoms with E-state index < -0.39 is 5.97 Å². The van der Waals surface area contributed by atoms with E-state index in [-0.39, 0.29) is 12.2 Å². The maximum Gasteiger partial charge on any atom is 0.349 e. The summed E-state index contributed by atoms with van der Waals surface area (Å²) in [5.74, 6) is 0.419. The third kappa shape index (κ3) is 3.36. The van der Waals surface area contributed by atoms with Crippen molar-refractivity contribution >= 4 is 27.7 Å². The van der Waals surface area contributed by atoms with Gasteiger partial charge in [0.15, 0.2) is 6.61 Å². The predicted molar refractivity (Wildman–Crippen MR) is 110 cm³/mol. The van der Waals surface area contributed by atoms with Gasteiger partial charge in [-0.3, -0.25) is 0 Å². The topological polar surface area (TPSA) is 65.7 Å². The molecule has 5 nitrogen and oxygen atoms in total. The van der Waals surface area contributed by atoms with E-state index in [4.69, 9.17) is 13.9 Å². The molecule has 1 aliphatic rings. The Bertz CT molecular complexity index is 1300. The number of carbonyl (C=O) groups excluding carboxylic acids is 1. The molecule has 0 spiro atoms. The second kappa shape index (κ2) is 7.09. The lowest BCUT2D eigenvalue weighted by Gasteiger charge is -2.09. The van der Waals surface area contributed by atoms with Gasteiger partial charge in [-0.15, -0.1) is 0 Å². The lowest BCUT2D eigenvalue weighted by molar-refractivity contribution is -0.136. The van der Waals surface area contributed by atoms with Gasteiger partial charge in [-0.25, -0.2) is 9.59 Å². The number of ether oxygens (including phenoxy) is 2. The summed E-state index contributed by atoms with van der Waals surface area (Å²) in [6, 6.07) is 18.6. The molecule has 0 atom stereocenters. The van der Waals surface area contributed by atoms with Crippen LogP contribution in [0.15, 0.2) is 69.9 Å². The van der Waals surface area contributed by atoms with Gasteiger partial charge in [0, 0.05) is 17.0 Å². The average Bonchev–Trinajstić information content (AvgIpc) is 3.23. The van der Waals surface area contributed by atoms with E-state index in [9.17, 15) is 9.59 Å². The second-order valence-corrected chi connectivity index (χ2v) is 7.13. The van der Waals surface area contributed by atoms with Crippen LogP contribution < -0.4 is 15.1 Å². The fourth-order valence-corrected chi connectivity index (χ4v) is 3.89. The third-order valence-electron chi connectivity index (χ3n) is 5.25. The Morgan fingerprint density at radius 3 is 2.59 bits per heavy atom. The summed E-state index contributed by atoms with van der Waals surface area (Å²) in [5.41, 5.74) is 2.05. The van der Waals surface area contributed by atoms with Gasteiger partial charge in [0.25, 0.3) is 0 Å². The number of esters is 1. The van der Waals surface area contributed by atoms with E-state index in [0.717, 1.165) is 46.5 Å². The highest BCUT2D eigenvalue weighted by Gasteiger charge is 2.19. The highest BCUT2D eigenvalue weighted by Crippen LogP contribution is 2.29. The Hall–Kier alpha value is -3.60. The summed E-state index contributed by atoms with van der Waals surface area (Å²) in [5, 5.41) is 3.01. The zero-order valence-electron chi connectivity index (χ0n) is 15.6. The number of fused-ring (bicyclic) bond motifs is 4. The maximum atomic E-state index is 12.2. The Kier molecular flexibility index (Phi) is 4.28. The molecule has 0 aliphatic heterocycles. The molecule has 0 saturated heterocycles. The van der Waals surface area contributed by atoms with Crippen LogP contribution in [0.3, 0.4) is 0 Å². The highest BCUT2D eigenvalue weighted by molar-refractivity contribution is 5.85. The third-order valence-corrected chi connectivity index (χ3v) is 5.25. The summed E-state index contributed by atoms with van der Waals surface area (Å²) in [6.45, 7) is -0.243. The summed E-state index contributed by atoms with van der Waals surface area (Å²) in [7, 11) is 0. The molecular weight excluding hydrogens is 368 g/mol. The highest BCUT2D eigenvalue weighted by atomic mass is 16.6. The molecule has 5 heteroatoms. The first-order chi connectivity index (χ1) is 14.2. The lowest BCUT2D eigenvalue weighted by Crippen LogP contribution is -2.17. The van der Waals surface area contributed by atoms with Gasteiger partial charge >= 0.3 is 11.6 Å². The average molecular weight is 386 g/mol. The van der Waals surface area contributed by atoms with E-state index in [0.29, 0.717) is 17.1 Å². The molecular formula is C24H18O5. The molecule has 1 heterocycles. The Balaban J connectivity index is 1.30. The Labute approximate surface area is 166 Å². The van der Waals surface area contributed by atoms with Crippen LogP contribution in [0.5, 0.6) is 11.5 Å². The van der Waals surface area contributed by atoms with Crippen molar-refractivity contribution in [3.8, 4) is 11.5 Å². The number of rotatable bonds is 4. The van der Waals surface area contributed by atoms with Crippen molar-refractivity contribution in [1.82, 2.24) is 0 Å². The first-order valence-corrected chi connectivity index (χ1v) is 9.58. The van der Waals surface area contributed by atoms with Crippen LogP contribution >= 0.6 is 0 Å². The molecule has 0 N–H and O–H groups in total. The Morgan fingerprint density at radius 2 is 1.69 bits per heavy atom. The van der Waals surface area contributed by atoms with E-state index in [1.54, 1.807) is 18.2 Å². The van der Waals surface area contributed by atoms with Gasteiger partial charge in [0.2, 0.25) is 0 Å². The van der Waals surface area contributed by atoms with Crippen LogP contribution in [0.2, 0.25) is 0 Å². The second-order valence-electron chi connectivity index (χ2n) is 7.13. The fraction of sp³-hybridized carbons (Fsp3) is 0.167. The van der Waals surface area contributed by atoms with Gasteiger partial charge in [0.1, 0.15) is 17.1 Å². The molecule has 1 aliphatic carbocycles. The molecule has 0 unspecified atom stereocenters. The van der Waals surface area contributed by atoms with E-state index in [2.05, 4.69) is 0 Å². The molecule has 0 saturated carbocycles. The number of benzene rings is 3. The molecule has 29 heavy (non-hydrogen) atoms. The summed E-state index contributed by atoms with van der Waals surface area (Å²) in [6.07, 6.45) is 2.63. The van der Waals surface area contributed by atoms with E-state index in [1.165, 1.54) is 0 Å². The van der Waals surface area contributed by atoms with Crippen molar-refractivity contribution in [2.45, 2.75) is 19.3 Å². The smallest absolute Gasteiger partial charge is 0.349 e. The normalized spacial score (nSPS) is 12.8. The quantitative estimate of drug-likeness (QED) is 0.295. The van der Waals surface area contributed by atoms with Crippen LogP contribution in [-0.2, 0) is 17.6 Å². The van der Waals surface area contributed by atoms with Crippen LogP contribution in [-0.4, -0.2) is 12.6 Å². The zero-order chi connectivity index (χ0) is 19.8. The molecule has 3 aromatic carbocycles. The van der Waals surface area contributed by atoms with Gasteiger partial charge in [-0.1, -0.05) is 30.3 Å². The van der Waals surface area contributed by atoms with Crippen molar-refractivity contribution in [2.75, 3.05) is 6.61 Å². The van der Waals surface area contributed by atoms with Crippen LogP contribution in [0.1, 0.15) is 17.5 Å². The Morgan fingerprint density at radius 1 is 0.897 bits per heavy atom. The first-order valence-electron chi connectivity index (χ1n) is 9.58. The zero-order valence-corrected chi connectivity index (χ0v) is 15.6. The van der Waals surface area contributed by atoms with Crippen molar-refractivity contribution in [3.63, 3.8) is 0 Å². The van der Waals surface area contributed by atoms with E-state index >= 15 is 0 Å². The number of aryl methyl sites for hydroxylation is 1. The summed E-state index contributed by atoms with van der Waals surface area (Å²) >= 11 is 0. The minimum Gasteiger partial charge on any atom is -0.482 e. The van der Waals surface area contributed by atoms with Crippen LogP contribution in [0, 0.1) is 0 Å². The number of hydrogen-bond donors (Lipinski definition) is 0. The molecule has 0 radical (unpaired) electrons. The fourth-order valence-electron chi connectivity index (χ4n) is 3.89.